The first-order chi connectivity index (χ1) is 11.6. The van der Waals surface area contributed by atoms with E-state index in [1.165, 1.54) is 28.2 Å². The fourth-order valence-corrected chi connectivity index (χ4v) is 3.08. The Morgan fingerprint density at radius 3 is 2.71 bits per heavy atom. The smallest absolute Gasteiger partial charge is 0.274 e. The number of rotatable bonds is 3. The Morgan fingerprint density at radius 1 is 1.29 bits per heavy atom. The lowest BCUT2D eigenvalue weighted by Gasteiger charge is -2.27. The Hall–Kier alpha value is -2.45. The maximum absolute atomic E-state index is 12.6. The van der Waals surface area contributed by atoms with Crippen LogP contribution in [0.3, 0.4) is 0 Å². The van der Waals surface area contributed by atoms with E-state index in [2.05, 4.69) is 5.32 Å². The Bertz CT molecular complexity index is 807. The van der Waals surface area contributed by atoms with E-state index >= 15 is 0 Å². The van der Waals surface area contributed by atoms with E-state index < -0.39 is 0 Å². The summed E-state index contributed by atoms with van der Waals surface area (Å²) < 4.78 is 6.54. The van der Waals surface area contributed by atoms with Gasteiger partial charge in [-0.05, 0) is 17.5 Å². The van der Waals surface area contributed by atoms with Gasteiger partial charge in [-0.2, -0.15) is 0 Å². The van der Waals surface area contributed by atoms with E-state index in [9.17, 15) is 14.4 Å². The summed E-state index contributed by atoms with van der Waals surface area (Å²) in [4.78, 5) is 39.1. The maximum atomic E-state index is 12.6. The maximum Gasteiger partial charge on any atom is 0.274 e. The van der Waals surface area contributed by atoms with E-state index in [4.69, 9.17) is 4.74 Å². The number of carbonyl (C=O) groups excluding carboxylic acids is 2. The number of hydrogen-bond donors (Lipinski definition) is 1. The van der Waals surface area contributed by atoms with Gasteiger partial charge in [0.25, 0.3) is 17.4 Å². The SMILES string of the molecule is Cn1cc(C(=O)N2CCOCC2)cc(NC(=O)c2cccs2)c1=O. The van der Waals surface area contributed by atoms with Gasteiger partial charge in [0.2, 0.25) is 0 Å². The van der Waals surface area contributed by atoms with E-state index in [1.807, 2.05) is 0 Å². The Kier molecular flexibility index (Phi) is 4.77. The number of hydrogen-bond acceptors (Lipinski definition) is 5. The number of ether oxygens (including phenoxy) is 1. The van der Waals surface area contributed by atoms with Crippen LogP contribution in [0.5, 0.6) is 0 Å². The number of nitrogens with zero attached hydrogens (tertiary/aromatic N) is 2. The molecule has 1 saturated heterocycles. The van der Waals surface area contributed by atoms with Crippen molar-refractivity contribution in [2.24, 2.45) is 7.05 Å². The molecule has 3 heterocycles. The zero-order chi connectivity index (χ0) is 17.1. The van der Waals surface area contributed by atoms with Crippen LogP contribution >= 0.6 is 11.3 Å². The molecular weight excluding hydrogens is 330 g/mol. The fraction of sp³-hybridized carbons (Fsp3) is 0.312. The molecule has 1 aliphatic heterocycles. The number of aryl methyl sites for hydroxylation is 1. The highest BCUT2D eigenvalue weighted by atomic mass is 32.1. The van der Waals surface area contributed by atoms with Gasteiger partial charge in [0.15, 0.2) is 0 Å². The van der Waals surface area contributed by atoms with E-state index in [0.717, 1.165) is 0 Å². The first-order valence-corrected chi connectivity index (χ1v) is 8.37. The second-order valence-corrected chi connectivity index (χ2v) is 6.34. The van der Waals surface area contributed by atoms with Crippen molar-refractivity contribution in [3.05, 3.63) is 50.6 Å². The van der Waals surface area contributed by atoms with Crippen molar-refractivity contribution in [3.63, 3.8) is 0 Å². The molecule has 0 aliphatic carbocycles. The number of carbonyl (C=O) groups is 2. The molecule has 3 rings (SSSR count). The van der Waals surface area contributed by atoms with Crippen molar-refractivity contribution in [1.29, 1.82) is 0 Å². The molecule has 0 radical (unpaired) electrons. The standard InChI is InChI=1S/C16H17N3O4S/c1-18-10-11(15(21)19-4-6-23-7-5-19)9-12(16(18)22)17-14(20)13-3-2-8-24-13/h2-3,8-10H,4-7H2,1H3,(H,17,20). The lowest BCUT2D eigenvalue weighted by atomic mass is 10.2. The molecular formula is C16H17N3O4S. The number of pyridine rings is 1. The molecule has 8 heteroatoms. The van der Waals surface area contributed by atoms with Crippen molar-refractivity contribution in [2.75, 3.05) is 31.6 Å². The molecule has 24 heavy (non-hydrogen) atoms. The first kappa shape index (κ1) is 16.4. The van der Waals surface area contributed by atoms with E-state index in [0.29, 0.717) is 36.7 Å². The quantitative estimate of drug-likeness (QED) is 0.904. The van der Waals surface area contributed by atoms with Crippen LogP contribution < -0.4 is 10.9 Å². The fourth-order valence-electron chi connectivity index (χ4n) is 2.46. The van der Waals surface area contributed by atoms with Crippen LogP contribution in [-0.4, -0.2) is 47.6 Å². The number of aromatic nitrogens is 1. The van der Waals surface area contributed by atoms with Gasteiger partial charge in [-0.3, -0.25) is 14.4 Å². The normalized spacial score (nSPS) is 14.5. The third kappa shape index (κ3) is 3.39. The second-order valence-electron chi connectivity index (χ2n) is 5.39. The molecule has 2 aromatic rings. The Morgan fingerprint density at radius 2 is 2.04 bits per heavy atom. The first-order valence-electron chi connectivity index (χ1n) is 7.49. The number of thiophene rings is 1. The van der Waals surface area contributed by atoms with Crippen LogP contribution in [0.25, 0.3) is 0 Å². The van der Waals surface area contributed by atoms with Crippen molar-refractivity contribution < 1.29 is 14.3 Å². The van der Waals surface area contributed by atoms with Gasteiger partial charge < -0.3 is 19.5 Å². The minimum atomic E-state index is -0.363. The summed E-state index contributed by atoms with van der Waals surface area (Å²) >= 11 is 1.28. The van der Waals surface area contributed by atoms with Crippen LogP contribution in [-0.2, 0) is 11.8 Å². The van der Waals surface area contributed by atoms with E-state index in [-0.39, 0.29) is 23.1 Å². The molecule has 0 aromatic carbocycles. The van der Waals surface area contributed by atoms with Gasteiger partial charge in [0.1, 0.15) is 5.69 Å². The van der Waals surface area contributed by atoms with E-state index in [1.54, 1.807) is 29.5 Å². The van der Waals surface area contributed by atoms with Crippen LogP contribution in [0.4, 0.5) is 5.69 Å². The zero-order valence-corrected chi connectivity index (χ0v) is 14.0. The molecule has 126 valence electrons. The molecule has 2 amide bonds. The van der Waals surface area contributed by atoms with Crippen molar-refractivity contribution in [3.8, 4) is 0 Å². The van der Waals surface area contributed by atoms with Gasteiger partial charge in [-0.1, -0.05) is 6.07 Å². The zero-order valence-electron chi connectivity index (χ0n) is 13.2. The summed E-state index contributed by atoms with van der Waals surface area (Å²) in [7, 11) is 1.55. The average molecular weight is 347 g/mol. The molecule has 0 saturated carbocycles. The van der Waals surface area contributed by atoms with Gasteiger partial charge in [-0.15, -0.1) is 11.3 Å². The van der Waals surface area contributed by atoms with Crippen LogP contribution in [0.2, 0.25) is 0 Å². The lowest BCUT2D eigenvalue weighted by molar-refractivity contribution is 0.0302. The molecule has 1 N–H and O–H groups in total. The lowest BCUT2D eigenvalue weighted by Crippen LogP contribution is -2.41. The topological polar surface area (TPSA) is 80.6 Å². The molecule has 7 nitrogen and oxygen atoms in total. The minimum Gasteiger partial charge on any atom is -0.378 e. The predicted octanol–water partition coefficient (Wildman–Crippen LogP) is 1.17. The summed E-state index contributed by atoms with van der Waals surface area (Å²) in [5, 5.41) is 4.38. The van der Waals surface area contributed by atoms with Gasteiger partial charge >= 0.3 is 0 Å². The van der Waals surface area contributed by atoms with Crippen molar-refractivity contribution >= 4 is 28.8 Å². The summed E-state index contributed by atoms with van der Waals surface area (Å²) in [6.45, 7) is 2.02. The Labute approximate surface area is 142 Å². The largest absolute Gasteiger partial charge is 0.378 e. The molecule has 0 bridgehead atoms. The molecule has 1 aliphatic rings. The highest BCUT2D eigenvalue weighted by Gasteiger charge is 2.21. The average Bonchev–Trinajstić information content (AvgIpc) is 3.13. The number of nitrogens with one attached hydrogen (secondary N) is 1. The van der Waals surface area contributed by atoms with Crippen molar-refractivity contribution in [1.82, 2.24) is 9.47 Å². The predicted molar refractivity (Wildman–Crippen MR) is 90.7 cm³/mol. The van der Waals surface area contributed by atoms with Crippen LogP contribution in [0.15, 0.2) is 34.6 Å². The number of amides is 2. The van der Waals surface area contributed by atoms with Gasteiger partial charge in [-0.25, -0.2) is 0 Å². The summed E-state index contributed by atoms with van der Waals surface area (Å²) in [6, 6.07) is 4.87. The van der Waals surface area contributed by atoms with Gasteiger partial charge in [0, 0.05) is 26.3 Å². The molecule has 0 spiro atoms. The summed E-state index contributed by atoms with van der Waals surface area (Å²) in [5.74, 6) is -0.543. The minimum absolute atomic E-state index is 0.0926. The number of anilines is 1. The highest BCUT2D eigenvalue weighted by Crippen LogP contribution is 2.13. The van der Waals surface area contributed by atoms with Crippen LogP contribution in [0.1, 0.15) is 20.0 Å². The highest BCUT2D eigenvalue weighted by molar-refractivity contribution is 7.12. The summed E-state index contributed by atoms with van der Waals surface area (Å²) in [6.07, 6.45) is 1.49. The third-order valence-corrected chi connectivity index (χ3v) is 4.59. The van der Waals surface area contributed by atoms with Crippen molar-refractivity contribution in [2.45, 2.75) is 0 Å². The van der Waals surface area contributed by atoms with Gasteiger partial charge in [0.05, 0.1) is 23.7 Å². The third-order valence-electron chi connectivity index (χ3n) is 3.72. The molecule has 1 fully saturated rings. The molecule has 2 aromatic heterocycles. The molecule has 0 atom stereocenters. The Balaban J connectivity index is 1.87. The summed E-state index contributed by atoms with van der Waals surface area (Å²) in [5.41, 5.74) is 0.0916. The number of morpholine rings is 1. The van der Waals surface area contributed by atoms with Crippen LogP contribution in [0, 0.1) is 0 Å². The monoisotopic (exact) mass is 347 g/mol. The molecule has 0 unspecified atom stereocenters. The second kappa shape index (κ2) is 6.98.